The number of piperidine rings is 1. The molecule has 0 radical (unpaired) electrons. The average Bonchev–Trinajstić information content (AvgIpc) is 3.13. The highest BCUT2D eigenvalue weighted by molar-refractivity contribution is 5.79. The molecule has 35 heavy (non-hydrogen) atoms. The number of aliphatic carboxylic acids is 1. The van der Waals surface area contributed by atoms with Crippen LogP contribution in [0.1, 0.15) is 44.2 Å². The first-order valence-corrected chi connectivity index (χ1v) is 11.9. The van der Waals surface area contributed by atoms with Crippen LogP contribution in [0.5, 0.6) is 0 Å². The lowest BCUT2D eigenvalue weighted by atomic mass is 9.89. The van der Waals surface area contributed by atoms with E-state index < -0.39 is 29.7 Å². The Kier molecular flexibility index (Phi) is 7.00. The van der Waals surface area contributed by atoms with E-state index in [1.165, 1.54) is 4.90 Å². The van der Waals surface area contributed by atoms with Gasteiger partial charge in [-0.25, -0.2) is 9.59 Å². The number of benzene rings is 2. The Morgan fingerprint density at radius 2 is 1.60 bits per heavy atom. The van der Waals surface area contributed by atoms with Gasteiger partial charge in [-0.1, -0.05) is 48.5 Å². The van der Waals surface area contributed by atoms with Gasteiger partial charge in [0.1, 0.15) is 12.2 Å². The standard InChI is InChI=1S/C27H32N2O6/c1-27(2,3)35-25(32)28-13-17-12-18(24(30)31)15-29(14-17)26(33)34-16-23-21-10-6-4-8-19(21)20-9-5-7-11-22(20)23/h4-11,17-18,23H,12-16H2,1-3H3,(H,28,32)(H,30,31). The molecule has 2 aromatic rings. The fourth-order valence-corrected chi connectivity index (χ4v) is 4.91. The minimum atomic E-state index is -0.969. The number of likely N-dealkylation sites (tertiary alicyclic amines) is 1. The van der Waals surface area contributed by atoms with Crippen molar-refractivity contribution in [3.8, 4) is 11.1 Å². The largest absolute Gasteiger partial charge is 0.481 e. The van der Waals surface area contributed by atoms with Gasteiger partial charge in [0.25, 0.3) is 0 Å². The van der Waals surface area contributed by atoms with Crippen LogP contribution in [-0.4, -0.2) is 60.0 Å². The summed E-state index contributed by atoms with van der Waals surface area (Å²) >= 11 is 0. The molecular weight excluding hydrogens is 448 g/mol. The fourth-order valence-electron chi connectivity index (χ4n) is 4.91. The Balaban J connectivity index is 1.40. The predicted octanol–water partition coefficient (Wildman–Crippen LogP) is 4.48. The van der Waals surface area contributed by atoms with E-state index in [1.807, 2.05) is 36.4 Å². The van der Waals surface area contributed by atoms with Gasteiger partial charge in [0.2, 0.25) is 0 Å². The number of hydrogen-bond acceptors (Lipinski definition) is 5. The number of nitrogens with zero attached hydrogens (tertiary/aromatic N) is 1. The van der Waals surface area contributed by atoms with E-state index in [0.29, 0.717) is 13.0 Å². The predicted molar refractivity (Wildman–Crippen MR) is 130 cm³/mol. The first-order chi connectivity index (χ1) is 16.6. The summed E-state index contributed by atoms with van der Waals surface area (Å²) in [5.74, 6) is -1.99. The molecule has 0 aromatic heterocycles. The van der Waals surface area contributed by atoms with Crippen molar-refractivity contribution in [3.63, 3.8) is 0 Å². The monoisotopic (exact) mass is 480 g/mol. The Morgan fingerprint density at radius 1 is 1.00 bits per heavy atom. The highest BCUT2D eigenvalue weighted by atomic mass is 16.6. The topological polar surface area (TPSA) is 105 Å². The van der Waals surface area contributed by atoms with Crippen molar-refractivity contribution in [1.82, 2.24) is 10.2 Å². The van der Waals surface area contributed by atoms with Crippen LogP contribution in [-0.2, 0) is 14.3 Å². The van der Waals surface area contributed by atoms with Crippen LogP contribution in [0.15, 0.2) is 48.5 Å². The van der Waals surface area contributed by atoms with Crippen LogP contribution in [0.2, 0.25) is 0 Å². The van der Waals surface area contributed by atoms with E-state index in [9.17, 15) is 19.5 Å². The van der Waals surface area contributed by atoms with Crippen molar-refractivity contribution in [3.05, 3.63) is 59.7 Å². The first-order valence-electron chi connectivity index (χ1n) is 11.9. The Labute approximate surface area is 205 Å². The lowest BCUT2D eigenvalue weighted by Gasteiger charge is -2.35. The molecule has 1 fully saturated rings. The molecule has 0 saturated carbocycles. The van der Waals surface area contributed by atoms with Crippen LogP contribution in [0.4, 0.5) is 9.59 Å². The summed E-state index contributed by atoms with van der Waals surface area (Å²) in [6, 6.07) is 16.2. The molecule has 4 rings (SSSR count). The summed E-state index contributed by atoms with van der Waals surface area (Å²) in [7, 11) is 0. The van der Waals surface area contributed by atoms with Crippen molar-refractivity contribution >= 4 is 18.2 Å². The molecule has 2 aliphatic rings. The average molecular weight is 481 g/mol. The smallest absolute Gasteiger partial charge is 0.409 e. The number of rotatable bonds is 5. The number of fused-ring (bicyclic) bond motifs is 3. The van der Waals surface area contributed by atoms with Gasteiger partial charge in [-0.3, -0.25) is 4.79 Å². The number of amides is 2. The van der Waals surface area contributed by atoms with Gasteiger partial charge < -0.3 is 24.8 Å². The van der Waals surface area contributed by atoms with E-state index in [-0.39, 0.29) is 31.5 Å². The number of ether oxygens (including phenoxy) is 2. The molecule has 2 amide bonds. The Morgan fingerprint density at radius 3 is 2.17 bits per heavy atom. The van der Waals surface area contributed by atoms with Gasteiger partial charge in [-0.05, 0) is 55.4 Å². The third kappa shape index (κ3) is 5.75. The van der Waals surface area contributed by atoms with E-state index >= 15 is 0 Å². The number of carbonyl (C=O) groups excluding carboxylic acids is 2. The molecule has 1 heterocycles. The highest BCUT2D eigenvalue weighted by Crippen LogP contribution is 2.44. The number of nitrogens with one attached hydrogen (secondary N) is 1. The maximum Gasteiger partial charge on any atom is 0.409 e. The summed E-state index contributed by atoms with van der Waals surface area (Å²) in [4.78, 5) is 38.2. The van der Waals surface area contributed by atoms with Crippen LogP contribution in [0.25, 0.3) is 11.1 Å². The van der Waals surface area contributed by atoms with Gasteiger partial charge in [-0.2, -0.15) is 0 Å². The van der Waals surface area contributed by atoms with Crippen LogP contribution < -0.4 is 5.32 Å². The molecule has 8 heteroatoms. The van der Waals surface area contributed by atoms with Crippen LogP contribution >= 0.6 is 0 Å². The maximum absolute atomic E-state index is 13.0. The van der Waals surface area contributed by atoms with Crippen molar-refractivity contribution in [1.29, 1.82) is 0 Å². The molecule has 2 aromatic carbocycles. The van der Waals surface area contributed by atoms with Gasteiger partial charge in [0.05, 0.1) is 5.92 Å². The summed E-state index contributed by atoms with van der Waals surface area (Å²) in [5, 5.41) is 12.3. The molecule has 2 atom stereocenters. The number of hydrogen-bond donors (Lipinski definition) is 2. The zero-order valence-corrected chi connectivity index (χ0v) is 20.3. The maximum atomic E-state index is 13.0. The van der Waals surface area contributed by atoms with E-state index in [4.69, 9.17) is 9.47 Å². The van der Waals surface area contributed by atoms with E-state index in [2.05, 4.69) is 17.4 Å². The second-order valence-electron chi connectivity index (χ2n) is 10.2. The molecule has 1 aliphatic heterocycles. The van der Waals surface area contributed by atoms with E-state index in [1.54, 1.807) is 20.8 Å². The number of alkyl carbamates (subject to hydrolysis) is 1. The van der Waals surface area contributed by atoms with E-state index in [0.717, 1.165) is 22.3 Å². The molecule has 1 saturated heterocycles. The molecule has 2 unspecified atom stereocenters. The van der Waals surface area contributed by atoms with Crippen molar-refractivity contribution in [2.24, 2.45) is 11.8 Å². The number of carboxylic acids is 1. The van der Waals surface area contributed by atoms with Crippen molar-refractivity contribution in [2.45, 2.75) is 38.7 Å². The Hall–Kier alpha value is -3.55. The molecule has 0 spiro atoms. The second-order valence-corrected chi connectivity index (χ2v) is 10.2. The summed E-state index contributed by atoms with van der Waals surface area (Å²) < 4.78 is 11.0. The molecule has 1 aliphatic carbocycles. The van der Waals surface area contributed by atoms with Gasteiger partial charge in [0, 0.05) is 25.6 Å². The highest BCUT2D eigenvalue weighted by Gasteiger charge is 2.36. The van der Waals surface area contributed by atoms with Gasteiger partial charge >= 0.3 is 18.2 Å². The fraction of sp³-hybridized carbons (Fsp3) is 0.444. The number of carboxylic acid groups (broad SMARTS) is 1. The molecule has 8 nitrogen and oxygen atoms in total. The third-order valence-electron chi connectivity index (χ3n) is 6.41. The summed E-state index contributed by atoms with van der Waals surface area (Å²) in [6.45, 7) is 6.07. The van der Waals surface area contributed by atoms with Gasteiger partial charge in [0.15, 0.2) is 0 Å². The molecule has 186 valence electrons. The van der Waals surface area contributed by atoms with Crippen molar-refractivity contribution < 1.29 is 29.0 Å². The zero-order valence-electron chi connectivity index (χ0n) is 20.3. The van der Waals surface area contributed by atoms with Gasteiger partial charge in [-0.15, -0.1) is 0 Å². The normalized spacial score (nSPS) is 19.5. The number of carbonyl (C=O) groups is 3. The zero-order chi connectivity index (χ0) is 25.2. The molecule has 2 N–H and O–H groups in total. The third-order valence-corrected chi connectivity index (χ3v) is 6.41. The quantitative estimate of drug-likeness (QED) is 0.654. The van der Waals surface area contributed by atoms with Crippen LogP contribution in [0.3, 0.4) is 0 Å². The lowest BCUT2D eigenvalue weighted by Crippen LogP contribution is -2.49. The van der Waals surface area contributed by atoms with Crippen LogP contribution in [0, 0.1) is 11.8 Å². The second kappa shape index (κ2) is 9.98. The first kappa shape index (κ1) is 24.6. The molecule has 0 bridgehead atoms. The SMILES string of the molecule is CC(C)(C)OC(=O)NCC1CC(C(=O)O)CN(C(=O)OCC2c3ccccc3-c3ccccc32)C1. The minimum Gasteiger partial charge on any atom is -0.481 e. The Bertz CT molecular complexity index is 1060. The van der Waals surface area contributed by atoms with Crippen molar-refractivity contribution in [2.75, 3.05) is 26.2 Å². The minimum absolute atomic E-state index is 0.0731. The molecular formula is C27H32N2O6. The summed E-state index contributed by atoms with van der Waals surface area (Å²) in [6.07, 6.45) is -0.749. The summed E-state index contributed by atoms with van der Waals surface area (Å²) in [5.41, 5.74) is 3.88. The lowest BCUT2D eigenvalue weighted by molar-refractivity contribution is -0.144.